The molecule has 0 amide bonds. The monoisotopic (exact) mass is 206 g/mol. The molecule has 0 spiro atoms. The highest BCUT2D eigenvalue weighted by Crippen LogP contribution is 2.36. The largest absolute Gasteiger partial charge is 0.491 e. The molecule has 0 saturated carbocycles. The number of ether oxygens (including phenoxy) is 1. The molecule has 2 heterocycles. The first-order valence-electron chi connectivity index (χ1n) is 4.65. The second-order valence-corrected chi connectivity index (χ2v) is 4.47. The van der Waals surface area contributed by atoms with Crippen molar-refractivity contribution in [3.63, 3.8) is 0 Å². The van der Waals surface area contributed by atoms with Crippen LogP contribution >= 0.6 is 11.3 Å². The van der Waals surface area contributed by atoms with Gasteiger partial charge in [0.1, 0.15) is 11.3 Å². The molecule has 0 aliphatic carbocycles. The molecule has 0 saturated heterocycles. The van der Waals surface area contributed by atoms with Crippen LogP contribution in [0.5, 0.6) is 5.75 Å². The van der Waals surface area contributed by atoms with Crippen molar-refractivity contribution in [2.75, 3.05) is 12.3 Å². The third kappa shape index (κ3) is 1.07. The number of hydrogen-bond acceptors (Lipinski definition) is 4. The smallest absolute Gasteiger partial charge is 0.181 e. The Bertz CT molecular complexity index is 492. The maximum Gasteiger partial charge on any atom is 0.181 e. The van der Waals surface area contributed by atoms with E-state index in [1.54, 1.807) is 0 Å². The maximum atomic E-state index is 5.68. The molecule has 2 aromatic rings. The summed E-state index contributed by atoms with van der Waals surface area (Å²) < 4.78 is 6.75. The summed E-state index contributed by atoms with van der Waals surface area (Å²) in [7, 11) is 0. The number of aryl methyl sites for hydroxylation is 1. The van der Waals surface area contributed by atoms with Crippen LogP contribution in [-0.4, -0.2) is 11.6 Å². The van der Waals surface area contributed by atoms with Crippen molar-refractivity contribution in [1.29, 1.82) is 0 Å². The zero-order valence-corrected chi connectivity index (χ0v) is 8.43. The van der Waals surface area contributed by atoms with Crippen molar-refractivity contribution in [1.82, 2.24) is 4.98 Å². The molecular weight excluding hydrogens is 196 g/mol. The van der Waals surface area contributed by atoms with Crippen LogP contribution in [0.2, 0.25) is 0 Å². The van der Waals surface area contributed by atoms with Gasteiger partial charge in [-0.25, -0.2) is 4.98 Å². The molecule has 2 N–H and O–H groups in total. The summed E-state index contributed by atoms with van der Waals surface area (Å²) in [6, 6.07) is 4.20. The molecule has 0 bridgehead atoms. The van der Waals surface area contributed by atoms with Crippen molar-refractivity contribution in [3.05, 3.63) is 17.7 Å². The van der Waals surface area contributed by atoms with Gasteiger partial charge in [-0.05, 0) is 24.5 Å². The van der Waals surface area contributed by atoms with Crippen molar-refractivity contribution >= 4 is 26.7 Å². The van der Waals surface area contributed by atoms with Gasteiger partial charge < -0.3 is 10.5 Å². The Kier molecular flexibility index (Phi) is 1.64. The lowest BCUT2D eigenvalue weighted by atomic mass is 10.1. The topological polar surface area (TPSA) is 48.1 Å². The number of benzene rings is 1. The fraction of sp³-hybridized carbons (Fsp3) is 0.300. The number of aromatic nitrogens is 1. The van der Waals surface area contributed by atoms with Gasteiger partial charge >= 0.3 is 0 Å². The molecule has 4 heteroatoms. The van der Waals surface area contributed by atoms with Crippen LogP contribution in [0.15, 0.2) is 12.1 Å². The normalized spacial score (nSPS) is 15.1. The predicted molar refractivity (Wildman–Crippen MR) is 57.8 cm³/mol. The highest BCUT2D eigenvalue weighted by atomic mass is 32.1. The molecule has 1 aromatic heterocycles. The van der Waals surface area contributed by atoms with Crippen LogP contribution in [0, 0.1) is 0 Å². The summed E-state index contributed by atoms with van der Waals surface area (Å²) in [5.74, 6) is 0.946. The standard InChI is InChI=1S/C10H10N2OS/c11-10-12-8-7(14-10)4-3-6-2-1-5-13-9(6)8/h3-4H,1-2,5H2,(H2,11,12). The minimum Gasteiger partial charge on any atom is -0.491 e. The minimum atomic E-state index is 0.613. The highest BCUT2D eigenvalue weighted by molar-refractivity contribution is 7.22. The van der Waals surface area contributed by atoms with E-state index in [2.05, 4.69) is 17.1 Å². The van der Waals surface area contributed by atoms with Gasteiger partial charge in [0, 0.05) is 0 Å². The van der Waals surface area contributed by atoms with E-state index in [0.29, 0.717) is 5.13 Å². The van der Waals surface area contributed by atoms with Gasteiger partial charge in [-0.3, -0.25) is 0 Å². The molecule has 72 valence electrons. The summed E-state index contributed by atoms with van der Waals surface area (Å²) in [6.07, 6.45) is 2.18. The molecular formula is C10H10N2OS. The van der Waals surface area contributed by atoms with Crippen molar-refractivity contribution in [2.24, 2.45) is 0 Å². The first-order valence-corrected chi connectivity index (χ1v) is 5.47. The Morgan fingerprint density at radius 1 is 1.43 bits per heavy atom. The summed E-state index contributed by atoms with van der Waals surface area (Å²) in [5, 5.41) is 0.613. The molecule has 0 unspecified atom stereocenters. The van der Waals surface area contributed by atoms with Crippen LogP contribution in [0.3, 0.4) is 0 Å². The lowest BCUT2D eigenvalue weighted by Crippen LogP contribution is -2.08. The number of hydrogen-bond donors (Lipinski definition) is 1. The third-order valence-corrected chi connectivity index (χ3v) is 3.30. The summed E-state index contributed by atoms with van der Waals surface area (Å²) in [6.45, 7) is 0.795. The summed E-state index contributed by atoms with van der Waals surface area (Å²) >= 11 is 1.51. The van der Waals surface area contributed by atoms with Crippen LogP contribution in [0.1, 0.15) is 12.0 Å². The van der Waals surface area contributed by atoms with Gasteiger partial charge in [0.15, 0.2) is 5.13 Å². The molecule has 14 heavy (non-hydrogen) atoms. The minimum absolute atomic E-state index is 0.613. The zero-order valence-electron chi connectivity index (χ0n) is 7.62. The number of fused-ring (bicyclic) bond motifs is 3. The number of anilines is 1. The van der Waals surface area contributed by atoms with Crippen molar-refractivity contribution in [2.45, 2.75) is 12.8 Å². The highest BCUT2D eigenvalue weighted by Gasteiger charge is 2.16. The second kappa shape index (κ2) is 2.85. The number of rotatable bonds is 0. The van der Waals surface area contributed by atoms with E-state index in [1.807, 2.05) is 0 Å². The lowest BCUT2D eigenvalue weighted by Gasteiger charge is -2.16. The molecule has 0 radical (unpaired) electrons. The average molecular weight is 206 g/mol. The van der Waals surface area contributed by atoms with Gasteiger partial charge in [0.25, 0.3) is 0 Å². The van der Waals surface area contributed by atoms with Crippen LogP contribution in [-0.2, 0) is 6.42 Å². The fourth-order valence-corrected chi connectivity index (χ4v) is 2.56. The predicted octanol–water partition coefficient (Wildman–Crippen LogP) is 2.20. The van der Waals surface area contributed by atoms with Gasteiger partial charge in [-0.2, -0.15) is 0 Å². The zero-order chi connectivity index (χ0) is 9.54. The van der Waals surface area contributed by atoms with Crippen LogP contribution in [0.25, 0.3) is 10.2 Å². The number of nitrogen functional groups attached to an aromatic ring is 1. The Hall–Kier alpha value is -1.29. The van der Waals surface area contributed by atoms with E-state index < -0.39 is 0 Å². The van der Waals surface area contributed by atoms with Crippen molar-refractivity contribution in [3.8, 4) is 5.75 Å². The Morgan fingerprint density at radius 2 is 2.36 bits per heavy atom. The first kappa shape index (κ1) is 8.05. The SMILES string of the molecule is Nc1nc2c3c(ccc2s1)CCCO3. The van der Waals surface area contributed by atoms with E-state index in [0.717, 1.165) is 35.4 Å². The van der Waals surface area contributed by atoms with Gasteiger partial charge in [0.05, 0.1) is 11.3 Å². The Morgan fingerprint density at radius 3 is 3.29 bits per heavy atom. The first-order chi connectivity index (χ1) is 6.84. The van der Waals surface area contributed by atoms with Crippen LogP contribution < -0.4 is 10.5 Å². The van der Waals surface area contributed by atoms with E-state index in [1.165, 1.54) is 16.9 Å². The van der Waals surface area contributed by atoms with E-state index in [9.17, 15) is 0 Å². The number of nitrogens with two attached hydrogens (primary N) is 1. The van der Waals surface area contributed by atoms with E-state index >= 15 is 0 Å². The van der Waals surface area contributed by atoms with Crippen molar-refractivity contribution < 1.29 is 4.74 Å². The van der Waals surface area contributed by atoms with Gasteiger partial charge in [-0.1, -0.05) is 17.4 Å². The van der Waals surface area contributed by atoms with Crippen LogP contribution in [0.4, 0.5) is 5.13 Å². The van der Waals surface area contributed by atoms with E-state index in [-0.39, 0.29) is 0 Å². The molecule has 1 aromatic carbocycles. The molecule has 3 nitrogen and oxygen atoms in total. The summed E-state index contributed by atoms with van der Waals surface area (Å²) in [5.41, 5.74) is 7.87. The lowest BCUT2D eigenvalue weighted by molar-refractivity contribution is 0.291. The van der Waals surface area contributed by atoms with Gasteiger partial charge in [-0.15, -0.1) is 0 Å². The number of nitrogens with zero attached hydrogens (tertiary/aromatic N) is 1. The fourth-order valence-electron chi connectivity index (χ4n) is 1.82. The molecule has 0 fully saturated rings. The molecule has 1 aliphatic rings. The molecule has 1 aliphatic heterocycles. The quantitative estimate of drug-likeness (QED) is 0.718. The molecule has 3 rings (SSSR count). The Labute approximate surface area is 85.5 Å². The average Bonchev–Trinajstić information content (AvgIpc) is 2.59. The van der Waals surface area contributed by atoms with Gasteiger partial charge in [0.2, 0.25) is 0 Å². The second-order valence-electron chi connectivity index (χ2n) is 3.40. The maximum absolute atomic E-state index is 5.68. The number of thiazole rings is 1. The summed E-state index contributed by atoms with van der Waals surface area (Å²) in [4.78, 5) is 4.30. The molecule has 0 atom stereocenters. The third-order valence-electron chi connectivity index (χ3n) is 2.45. The van der Waals surface area contributed by atoms with E-state index in [4.69, 9.17) is 10.5 Å². The Balaban J connectivity index is 2.33.